The highest BCUT2D eigenvalue weighted by Gasteiger charge is 2.19. The van der Waals surface area contributed by atoms with Gasteiger partial charge in [0.2, 0.25) is 0 Å². The number of hydrogen-bond donors (Lipinski definition) is 1. The summed E-state index contributed by atoms with van der Waals surface area (Å²) in [5, 5.41) is 7.76. The van der Waals surface area contributed by atoms with Crippen molar-refractivity contribution in [1.82, 2.24) is 20.0 Å². The van der Waals surface area contributed by atoms with Gasteiger partial charge in [-0.05, 0) is 24.3 Å². The maximum Gasteiger partial charge on any atom is 0.255 e. The third kappa shape index (κ3) is 4.69. The SMILES string of the molecule is COc1ccc(-n2cc(C(=O)NCCN3CCOCC3)c(-c3ccccc3)n2)cc1. The third-order valence-corrected chi connectivity index (χ3v) is 5.16. The van der Waals surface area contributed by atoms with Gasteiger partial charge in [-0.25, -0.2) is 4.68 Å². The van der Waals surface area contributed by atoms with E-state index in [1.807, 2.05) is 54.6 Å². The van der Waals surface area contributed by atoms with Crippen molar-refractivity contribution >= 4 is 5.91 Å². The molecule has 0 aliphatic carbocycles. The molecule has 1 N–H and O–H groups in total. The van der Waals surface area contributed by atoms with Gasteiger partial charge in [-0.3, -0.25) is 9.69 Å². The molecule has 1 saturated heterocycles. The molecule has 0 radical (unpaired) electrons. The van der Waals surface area contributed by atoms with Crippen LogP contribution in [0.3, 0.4) is 0 Å². The minimum Gasteiger partial charge on any atom is -0.497 e. The maximum atomic E-state index is 13.0. The molecule has 1 aliphatic heterocycles. The molecule has 1 aromatic heterocycles. The molecule has 4 rings (SSSR count). The first-order chi connectivity index (χ1) is 14.7. The molecule has 1 aliphatic rings. The zero-order chi connectivity index (χ0) is 20.8. The van der Waals surface area contributed by atoms with Crippen LogP contribution in [0.4, 0.5) is 0 Å². The largest absolute Gasteiger partial charge is 0.497 e. The molecule has 0 unspecified atom stereocenters. The first kappa shape index (κ1) is 20.1. The summed E-state index contributed by atoms with van der Waals surface area (Å²) in [6.07, 6.45) is 1.79. The Kier molecular flexibility index (Phi) is 6.41. The Labute approximate surface area is 176 Å². The van der Waals surface area contributed by atoms with Gasteiger partial charge >= 0.3 is 0 Å². The molecular weight excluding hydrogens is 380 g/mol. The average molecular weight is 406 g/mol. The van der Waals surface area contributed by atoms with Crippen LogP contribution in [-0.2, 0) is 4.74 Å². The number of aromatic nitrogens is 2. The molecule has 1 fully saturated rings. The first-order valence-corrected chi connectivity index (χ1v) is 10.1. The summed E-state index contributed by atoms with van der Waals surface area (Å²) in [7, 11) is 1.63. The molecular formula is C23H26N4O3. The summed E-state index contributed by atoms with van der Waals surface area (Å²) < 4.78 is 12.3. The number of ether oxygens (including phenoxy) is 2. The van der Waals surface area contributed by atoms with E-state index < -0.39 is 0 Å². The number of carbonyl (C=O) groups is 1. The lowest BCUT2D eigenvalue weighted by Crippen LogP contribution is -2.41. The Balaban J connectivity index is 1.55. The summed E-state index contributed by atoms with van der Waals surface area (Å²) in [6, 6.07) is 17.4. The molecule has 3 aromatic rings. The Morgan fingerprint density at radius 3 is 2.53 bits per heavy atom. The molecule has 7 heteroatoms. The molecule has 2 aromatic carbocycles. The van der Waals surface area contributed by atoms with E-state index in [0.29, 0.717) is 17.8 Å². The number of amides is 1. The van der Waals surface area contributed by atoms with Gasteiger partial charge in [-0.15, -0.1) is 0 Å². The van der Waals surface area contributed by atoms with E-state index in [2.05, 4.69) is 10.2 Å². The molecule has 0 spiro atoms. The minimum atomic E-state index is -0.123. The summed E-state index contributed by atoms with van der Waals surface area (Å²) in [5.41, 5.74) is 2.98. The number of benzene rings is 2. The van der Waals surface area contributed by atoms with Crippen molar-refractivity contribution in [3.8, 4) is 22.7 Å². The predicted octanol–water partition coefficient (Wildman–Crippen LogP) is 2.61. The quantitative estimate of drug-likeness (QED) is 0.653. The van der Waals surface area contributed by atoms with Crippen LogP contribution in [0, 0.1) is 0 Å². The summed E-state index contributed by atoms with van der Waals surface area (Å²) in [5.74, 6) is 0.650. The van der Waals surface area contributed by atoms with Crippen LogP contribution in [0.2, 0.25) is 0 Å². The zero-order valence-corrected chi connectivity index (χ0v) is 17.1. The summed E-state index contributed by atoms with van der Waals surface area (Å²) in [6.45, 7) is 4.70. The van der Waals surface area contributed by atoms with Crippen molar-refractivity contribution in [2.75, 3.05) is 46.5 Å². The van der Waals surface area contributed by atoms with Gasteiger partial charge in [-0.1, -0.05) is 30.3 Å². The number of nitrogens with one attached hydrogen (secondary N) is 1. The number of carbonyl (C=O) groups excluding carboxylic acids is 1. The van der Waals surface area contributed by atoms with Gasteiger partial charge in [0.05, 0.1) is 31.6 Å². The van der Waals surface area contributed by atoms with E-state index in [4.69, 9.17) is 14.6 Å². The minimum absolute atomic E-state index is 0.123. The Hall–Kier alpha value is -3.16. The molecule has 0 bridgehead atoms. The maximum absolute atomic E-state index is 13.0. The van der Waals surface area contributed by atoms with E-state index >= 15 is 0 Å². The van der Waals surface area contributed by atoms with Crippen LogP contribution in [0.25, 0.3) is 16.9 Å². The molecule has 2 heterocycles. The second kappa shape index (κ2) is 9.56. The molecule has 1 amide bonds. The predicted molar refractivity (Wildman–Crippen MR) is 115 cm³/mol. The first-order valence-electron chi connectivity index (χ1n) is 10.1. The van der Waals surface area contributed by atoms with Crippen LogP contribution in [0.1, 0.15) is 10.4 Å². The van der Waals surface area contributed by atoms with Crippen molar-refractivity contribution in [3.63, 3.8) is 0 Å². The van der Waals surface area contributed by atoms with E-state index in [-0.39, 0.29) is 5.91 Å². The van der Waals surface area contributed by atoms with Gasteiger partial charge in [0, 0.05) is 37.9 Å². The van der Waals surface area contributed by atoms with Crippen molar-refractivity contribution < 1.29 is 14.3 Å². The highest BCUT2D eigenvalue weighted by Crippen LogP contribution is 2.24. The topological polar surface area (TPSA) is 68.6 Å². The Morgan fingerprint density at radius 2 is 1.83 bits per heavy atom. The van der Waals surface area contributed by atoms with Gasteiger partial charge in [0.15, 0.2) is 0 Å². The number of nitrogens with zero attached hydrogens (tertiary/aromatic N) is 3. The van der Waals surface area contributed by atoms with E-state index in [0.717, 1.165) is 49.8 Å². The summed E-state index contributed by atoms with van der Waals surface area (Å²) in [4.78, 5) is 15.3. The van der Waals surface area contributed by atoms with E-state index in [9.17, 15) is 4.79 Å². The number of hydrogen-bond acceptors (Lipinski definition) is 5. The van der Waals surface area contributed by atoms with Crippen LogP contribution >= 0.6 is 0 Å². The Morgan fingerprint density at radius 1 is 1.10 bits per heavy atom. The smallest absolute Gasteiger partial charge is 0.255 e. The standard InChI is InChI=1S/C23H26N4O3/c1-29-20-9-7-19(8-10-20)27-17-21(22(25-27)18-5-3-2-4-6-18)23(28)24-11-12-26-13-15-30-16-14-26/h2-10,17H,11-16H2,1H3,(H,24,28). The van der Waals surface area contributed by atoms with Crippen molar-refractivity contribution in [3.05, 3.63) is 66.4 Å². The van der Waals surface area contributed by atoms with Gasteiger partial charge in [-0.2, -0.15) is 5.10 Å². The van der Waals surface area contributed by atoms with Gasteiger partial charge < -0.3 is 14.8 Å². The highest BCUT2D eigenvalue weighted by molar-refractivity contribution is 5.99. The lowest BCUT2D eigenvalue weighted by atomic mass is 10.1. The monoisotopic (exact) mass is 406 g/mol. The van der Waals surface area contributed by atoms with Crippen molar-refractivity contribution in [1.29, 1.82) is 0 Å². The molecule has 156 valence electrons. The second-order valence-electron chi connectivity index (χ2n) is 7.11. The molecule has 30 heavy (non-hydrogen) atoms. The van der Waals surface area contributed by atoms with Crippen molar-refractivity contribution in [2.45, 2.75) is 0 Å². The number of methoxy groups -OCH3 is 1. The van der Waals surface area contributed by atoms with Crippen LogP contribution in [-0.4, -0.2) is 67.1 Å². The fraction of sp³-hybridized carbons (Fsp3) is 0.304. The lowest BCUT2D eigenvalue weighted by Gasteiger charge is -2.26. The highest BCUT2D eigenvalue weighted by atomic mass is 16.5. The van der Waals surface area contributed by atoms with Crippen LogP contribution in [0.5, 0.6) is 5.75 Å². The van der Waals surface area contributed by atoms with Crippen LogP contribution in [0.15, 0.2) is 60.8 Å². The fourth-order valence-corrected chi connectivity index (χ4v) is 3.46. The van der Waals surface area contributed by atoms with Gasteiger partial charge in [0.1, 0.15) is 11.4 Å². The molecule has 7 nitrogen and oxygen atoms in total. The second-order valence-corrected chi connectivity index (χ2v) is 7.11. The van der Waals surface area contributed by atoms with Crippen LogP contribution < -0.4 is 10.1 Å². The summed E-state index contributed by atoms with van der Waals surface area (Å²) >= 11 is 0. The van der Waals surface area contributed by atoms with Crippen molar-refractivity contribution in [2.24, 2.45) is 0 Å². The number of morpholine rings is 1. The van der Waals surface area contributed by atoms with E-state index in [1.165, 1.54) is 0 Å². The normalized spacial score (nSPS) is 14.4. The van der Waals surface area contributed by atoms with Gasteiger partial charge in [0.25, 0.3) is 5.91 Å². The fourth-order valence-electron chi connectivity index (χ4n) is 3.46. The average Bonchev–Trinajstić information content (AvgIpc) is 3.26. The Bertz CT molecular complexity index is 964. The molecule has 0 saturated carbocycles. The zero-order valence-electron chi connectivity index (χ0n) is 17.1. The third-order valence-electron chi connectivity index (χ3n) is 5.16. The lowest BCUT2D eigenvalue weighted by molar-refractivity contribution is 0.0383. The molecule has 0 atom stereocenters. The van der Waals surface area contributed by atoms with E-state index in [1.54, 1.807) is 18.0 Å². The number of rotatable bonds is 7.